The van der Waals surface area contributed by atoms with Crippen molar-refractivity contribution in [3.05, 3.63) is 51.4 Å². The summed E-state index contributed by atoms with van der Waals surface area (Å²) in [6.45, 7) is 0. The molecule has 0 spiro atoms. The van der Waals surface area contributed by atoms with E-state index < -0.39 is 0 Å². The number of aromatic amines is 2. The molecule has 0 aliphatic carbocycles. The zero-order valence-electron chi connectivity index (χ0n) is 11.5. The van der Waals surface area contributed by atoms with Gasteiger partial charge in [-0.1, -0.05) is 23.2 Å². The van der Waals surface area contributed by atoms with Gasteiger partial charge < -0.3 is 15.1 Å². The van der Waals surface area contributed by atoms with Gasteiger partial charge in [0.2, 0.25) is 0 Å². The molecule has 23 heavy (non-hydrogen) atoms. The van der Waals surface area contributed by atoms with E-state index in [2.05, 4.69) is 15.1 Å². The normalized spacial score (nSPS) is 11.4. The van der Waals surface area contributed by atoms with E-state index in [1.54, 1.807) is 36.4 Å². The van der Waals surface area contributed by atoms with Crippen LogP contribution in [0.15, 0.2) is 41.6 Å². The first kappa shape index (κ1) is 14.1. The molecule has 0 aliphatic heterocycles. The molecule has 5 nitrogen and oxygen atoms in total. The van der Waals surface area contributed by atoms with Gasteiger partial charge in [-0.3, -0.25) is 0 Å². The second kappa shape index (κ2) is 5.01. The van der Waals surface area contributed by atoms with Crippen LogP contribution in [-0.2, 0) is 0 Å². The minimum atomic E-state index is -0.0650. The predicted molar refractivity (Wildman–Crippen MR) is 92.7 cm³/mol. The summed E-state index contributed by atoms with van der Waals surface area (Å²) in [5.74, 6) is -0.0650. The first-order chi connectivity index (χ1) is 11.1. The second-order valence-corrected chi connectivity index (χ2v) is 6.04. The molecule has 114 valence electrons. The molecule has 2 aromatic carbocycles. The third kappa shape index (κ3) is 2.09. The molecule has 0 atom stereocenters. The molecule has 0 bridgehead atoms. The van der Waals surface area contributed by atoms with E-state index >= 15 is 0 Å². The van der Waals surface area contributed by atoms with Crippen LogP contribution in [0.4, 0.5) is 5.69 Å². The Labute approximate surface area is 139 Å². The van der Waals surface area contributed by atoms with Gasteiger partial charge in [0, 0.05) is 31.9 Å². The number of aromatic hydroxyl groups is 1. The molecule has 0 fully saturated rings. The number of nitrogens with one attached hydrogen (secondary N) is 2. The van der Waals surface area contributed by atoms with Crippen LogP contribution in [0.3, 0.4) is 0 Å². The van der Waals surface area contributed by atoms with Gasteiger partial charge in [-0.15, -0.1) is 4.91 Å². The fraction of sp³-hybridized carbons (Fsp3) is 0. The van der Waals surface area contributed by atoms with Crippen LogP contribution in [0, 0.1) is 4.91 Å². The second-order valence-electron chi connectivity index (χ2n) is 5.17. The van der Waals surface area contributed by atoms with Gasteiger partial charge in [-0.05, 0) is 41.6 Å². The van der Waals surface area contributed by atoms with E-state index in [0.717, 1.165) is 0 Å². The van der Waals surface area contributed by atoms with Gasteiger partial charge in [0.15, 0.2) is 5.88 Å². The molecule has 0 radical (unpaired) electrons. The molecule has 7 heteroatoms. The van der Waals surface area contributed by atoms with E-state index in [-0.39, 0.29) is 11.6 Å². The summed E-state index contributed by atoms with van der Waals surface area (Å²) in [4.78, 5) is 17.4. The van der Waals surface area contributed by atoms with Crippen molar-refractivity contribution in [2.45, 2.75) is 0 Å². The monoisotopic (exact) mass is 345 g/mol. The molecule has 3 N–H and O–H groups in total. The van der Waals surface area contributed by atoms with Crippen molar-refractivity contribution in [2.24, 2.45) is 5.18 Å². The van der Waals surface area contributed by atoms with Crippen LogP contribution < -0.4 is 0 Å². The summed E-state index contributed by atoms with van der Waals surface area (Å²) < 4.78 is 0. The summed E-state index contributed by atoms with van der Waals surface area (Å²) in [5, 5.41) is 15.7. The highest BCUT2D eigenvalue weighted by atomic mass is 35.5. The number of hydrogen-bond donors (Lipinski definition) is 3. The maximum atomic E-state index is 11.4. The Morgan fingerprint density at radius 3 is 2.17 bits per heavy atom. The molecule has 0 saturated heterocycles. The summed E-state index contributed by atoms with van der Waals surface area (Å²) >= 11 is 12.1. The number of rotatable bonds is 2. The molecule has 0 unspecified atom stereocenters. The largest absolute Gasteiger partial charge is 0.494 e. The number of H-pyrrole nitrogens is 2. The molecule has 0 amide bonds. The SMILES string of the molecule is O=Nc1c(-c2c(O)[nH]c3ccc(Cl)cc23)[nH]c2ccc(Cl)cc12. The summed E-state index contributed by atoms with van der Waals surface area (Å²) in [5.41, 5.74) is 2.47. The molecule has 0 saturated carbocycles. The molecule has 0 aliphatic rings. The highest BCUT2D eigenvalue weighted by Gasteiger charge is 2.21. The van der Waals surface area contributed by atoms with Crippen LogP contribution in [0.5, 0.6) is 5.88 Å². The van der Waals surface area contributed by atoms with E-state index in [1.807, 2.05) is 0 Å². The van der Waals surface area contributed by atoms with Gasteiger partial charge >= 0.3 is 0 Å². The number of fused-ring (bicyclic) bond motifs is 2. The van der Waals surface area contributed by atoms with Crippen molar-refractivity contribution in [1.29, 1.82) is 0 Å². The molecular formula is C16H9Cl2N3O2. The smallest absolute Gasteiger partial charge is 0.199 e. The topological polar surface area (TPSA) is 81.2 Å². The van der Waals surface area contributed by atoms with E-state index in [0.29, 0.717) is 43.1 Å². The van der Waals surface area contributed by atoms with Crippen LogP contribution in [0.2, 0.25) is 10.0 Å². The number of halogens is 2. The maximum absolute atomic E-state index is 11.4. The van der Waals surface area contributed by atoms with Gasteiger partial charge in [0.05, 0.1) is 11.3 Å². The summed E-state index contributed by atoms with van der Waals surface area (Å²) in [6.07, 6.45) is 0. The molecule has 4 rings (SSSR count). The number of nitroso groups, excluding NO2 is 1. The zero-order chi connectivity index (χ0) is 16.1. The van der Waals surface area contributed by atoms with Gasteiger partial charge in [-0.2, -0.15) is 0 Å². The summed E-state index contributed by atoms with van der Waals surface area (Å²) in [6, 6.07) is 10.3. The van der Waals surface area contributed by atoms with Crippen LogP contribution >= 0.6 is 23.2 Å². The van der Waals surface area contributed by atoms with Gasteiger partial charge in [-0.25, -0.2) is 0 Å². The van der Waals surface area contributed by atoms with Crippen LogP contribution in [0.1, 0.15) is 0 Å². The fourth-order valence-corrected chi connectivity index (χ4v) is 3.17. The van der Waals surface area contributed by atoms with E-state index in [9.17, 15) is 10.0 Å². The van der Waals surface area contributed by atoms with Crippen LogP contribution in [-0.4, -0.2) is 15.1 Å². The van der Waals surface area contributed by atoms with Crippen molar-refractivity contribution >= 4 is 50.7 Å². The van der Waals surface area contributed by atoms with Crippen molar-refractivity contribution in [2.75, 3.05) is 0 Å². The van der Waals surface area contributed by atoms with Crippen LogP contribution in [0.25, 0.3) is 33.1 Å². The van der Waals surface area contributed by atoms with Crippen molar-refractivity contribution in [3.8, 4) is 17.1 Å². The predicted octanol–water partition coefficient (Wildman–Crippen LogP) is 5.73. The van der Waals surface area contributed by atoms with Crippen molar-refractivity contribution < 1.29 is 5.11 Å². The zero-order valence-corrected chi connectivity index (χ0v) is 13.0. The Morgan fingerprint density at radius 2 is 1.52 bits per heavy atom. The van der Waals surface area contributed by atoms with Crippen molar-refractivity contribution in [3.63, 3.8) is 0 Å². The third-order valence-corrected chi connectivity index (χ3v) is 4.29. The lowest BCUT2D eigenvalue weighted by atomic mass is 10.1. The van der Waals surface area contributed by atoms with Crippen molar-refractivity contribution in [1.82, 2.24) is 9.97 Å². The standard InChI is InChI=1S/C16H9Cl2N3O2/c17-7-1-3-11-9(5-7)13(16(22)20-11)15-14(21-23)10-6-8(18)2-4-12(10)19-15/h1-6,19-20,22H. The Morgan fingerprint density at radius 1 is 0.913 bits per heavy atom. The highest BCUT2D eigenvalue weighted by Crippen LogP contribution is 2.45. The fourth-order valence-electron chi connectivity index (χ4n) is 2.83. The average molecular weight is 346 g/mol. The minimum Gasteiger partial charge on any atom is -0.494 e. The third-order valence-electron chi connectivity index (χ3n) is 3.82. The average Bonchev–Trinajstić information content (AvgIpc) is 3.02. The molecule has 2 aromatic heterocycles. The van der Waals surface area contributed by atoms with E-state index in [4.69, 9.17) is 23.2 Å². The Kier molecular flexibility index (Phi) is 3.07. The minimum absolute atomic E-state index is 0.0650. The molecular weight excluding hydrogens is 337 g/mol. The highest BCUT2D eigenvalue weighted by molar-refractivity contribution is 6.32. The lowest BCUT2D eigenvalue weighted by Crippen LogP contribution is -1.77. The first-order valence-corrected chi connectivity index (χ1v) is 7.49. The lowest BCUT2D eigenvalue weighted by Gasteiger charge is -1.99. The Bertz CT molecular complexity index is 1080. The first-order valence-electron chi connectivity index (χ1n) is 6.73. The number of benzene rings is 2. The quantitative estimate of drug-likeness (QED) is 0.405. The molecule has 2 heterocycles. The summed E-state index contributed by atoms with van der Waals surface area (Å²) in [7, 11) is 0. The lowest BCUT2D eigenvalue weighted by molar-refractivity contribution is 0.460. The number of nitrogens with zero attached hydrogens (tertiary/aromatic N) is 1. The number of hydrogen-bond acceptors (Lipinski definition) is 3. The Hall–Kier alpha value is -2.50. The van der Waals surface area contributed by atoms with E-state index in [1.165, 1.54) is 0 Å². The Balaban J connectivity index is 2.12. The van der Waals surface area contributed by atoms with Gasteiger partial charge in [0.1, 0.15) is 5.69 Å². The maximum Gasteiger partial charge on any atom is 0.199 e. The van der Waals surface area contributed by atoms with Gasteiger partial charge in [0.25, 0.3) is 0 Å². The number of aromatic nitrogens is 2. The molecule has 4 aromatic rings.